The van der Waals surface area contributed by atoms with Crippen LogP contribution >= 0.6 is 23.2 Å². The summed E-state index contributed by atoms with van der Waals surface area (Å²) in [5, 5.41) is 1.53. The van der Waals surface area contributed by atoms with Crippen molar-refractivity contribution >= 4 is 40.2 Å². The fraction of sp³-hybridized carbons (Fsp3) is 0.125. The maximum absolute atomic E-state index is 13.1. The number of nitrogens with one attached hydrogen (secondary N) is 1. The third-order valence-corrected chi connectivity index (χ3v) is 4.19. The molecule has 0 radical (unpaired) electrons. The van der Waals surface area contributed by atoms with Crippen molar-refractivity contribution in [2.45, 2.75) is 11.8 Å². The van der Waals surface area contributed by atoms with Gasteiger partial charge in [-0.3, -0.25) is 0 Å². The Morgan fingerprint density at radius 1 is 1.30 bits per heavy atom. The van der Waals surface area contributed by atoms with Crippen LogP contribution in [0.15, 0.2) is 53.2 Å². The summed E-state index contributed by atoms with van der Waals surface area (Å²) in [6, 6.07) is 4.72. The van der Waals surface area contributed by atoms with E-state index in [4.69, 9.17) is 23.2 Å². The first kappa shape index (κ1) is 13.5. The highest BCUT2D eigenvalue weighted by Crippen LogP contribution is 2.27. The van der Waals surface area contributed by atoms with Crippen LogP contribution in [-0.4, -0.2) is 10.4 Å². The largest absolute Gasteiger partial charge is 0.360 e. The van der Waals surface area contributed by atoms with Crippen molar-refractivity contribution in [3.63, 3.8) is 0 Å². The molecule has 0 spiro atoms. The first-order chi connectivity index (χ1) is 9.63. The lowest BCUT2D eigenvalue weighted by Crippen LogP contribution is -2.01. The third-order valence-electron chi connectivity index (χ3n) is 3.30. The number of benzene rings is 1. The molecule has 4 heteroatoms. The topological polar surface area (TPSA) is 15.8 Å². The van der Waals surface area contributed by atoms with Gasteiger partial charge in [0.2, 0.25) is 0 Å². The predicted molar refractivity (Wildman–Crippen MR) is 83.6 cm³/mol. The van der Waals surface area contributed by atoms with E-state index in [-0.39, 0.29) is 11.2 Å². The lowest BCUT2D eigenvalue weighted by molar-refractivity contribution is 0.629. The SMILES string of the molecule is Fc1ccc2c(/C=C/C3=CCC(Cl)C(Cl)=C3)c[nH]c2c1. The van der Waals surface area contributed by atoms with Crippen molar-refractivity contribution in [3.05, 3.63) is 64.6 Å². The van der Waals surface area contributed by atoms with E-state index in [1.165, 1.54) is 12.1 Å². The van der Waals surface area contributed by atoms with Gasteiger partial charge < -0.3 is 4.98 Å². The molecule has 1 aliphatic rings. The summed E-state index contributed by atoms with van der Waals surface area (Å²) in [7, 11) is 0. The molecule has 0 aliphatic heterocycles. The molecule has 1 nitrogen and oxygen atoms in total. The molecule has 20 heavy (non-hydrogen) atoms. The van der Waals surface area contributed by atoms with Crippen LogP contribution in [0.1, 0.15) is 12.0 Å². The standard InChI is InChI=1S/C16H12Cl2FN/c17-14-6-2-10(7-15(14)18)1-3-11-9-20-16-8-12(19)4-5-13(11)16/h1-5,7-9,14,20H,6H2/b3-1+. The van der Waals surface area contributed by atoms with Crippen molar-refractivity contribution < 1.29 is 4.39 Å². The third kappa shape index (κ3) is 2.67. The number of hydrogen-bond donors (Lipinski definition) is 1. The van der Waals surface area contributed by atoms with E-state index in [0.29, 0.717) is 5.03 Å². The summed E-state index contributed by atoms with van der Waals surface area (Å²) in [4.78, 5) is 3.06. The highest BCUT2D eigenvalue weighted by atomic mass is 35.5. The Kier molecular flexibility index (Phi) is 3.68. The molecule has 3 rings (SSSR count). The molecule has 1 aromatic carbocycles. The molecule has 0 saturated heterocycles. The minimum Gasteiger partial charge on any atom is -0.360 e. The van der Waals surface area contributed by atoms with Crippen molar-refractivity contribution in [2.24, 2.45) is 0 Å². The highest BCUT2D eigenvalue weighted by molar-refractivity contribution is 6.37. The number of H-pyrrole nitrogens is 1. The quantitative estimate of drug-likeness (QED) is 0.717. The zero-order chi connectivity index (χ0) is 14.1. The number of alkyl halides is 1. The van der Waals surface area contributed by atoms with Gasteiger partial charge in [0.05, 0.1) is 5.38 Å². The van der Waals surface area contributed by atoms with Crippen molar-refractivity contribution in [2.75, 3.05) is 0 Å². The number of halogens is 3. The molecule has 0 amide bonds. The Bertz CT molecular complexity index is 740. The fourth-order valence-electron chi connectivity index (χ4n) is 2.22. The molecule has 1 N–H and O–H groups in total. The summed E-state index contributed by atoms with van der Waals surface area (Å²) in [5.41, 5.74) is 2.83. The Morgan fingerprint density at radius 3 is 2.95 bits per heavy atom. The van der Waals surface area contributed by atoms with E-state index in [2.05, 4.69) is 11.1 Å². The number of allylic oxidation sites excluding steroid dienone is 5. The normalized spacial score (nSPS) is 19.4. The summed E-state index contributed by atoms with van der Waals surface area (Å²) >= 11 is 12.1. The Morgan fingerprint density at radius 2 is 2.15 bits per heavy atom. The van der Waals surface area contributed by atoms with Crippen LogP contribution in [0.4, 0.5) is 4.39 Å². The molecule has 0 saturated carbocycles. The van der Waals surface area contributed by atoms with Crippen molar-refractivity contribution in [1.29, 1.82) is 0 Å². The van der Waals surface area contributed by atoms with Crippen LogP contribution in [-0.2, 0) is 0 Å². The molecule has 1 aromatic heterocycles. The molecule has 1 aliphatic carbocycles. The number of aromatic amines is 1. The minimum atomic E-state index is -0.243. The summed E-state index contributed by atoms with van der Waals surface area (Å²) in [6.45, 7) is 0. The first-order valence-corrected chi connectivity index (χ1v) is 7.11. The van der Waals surface area contributed by atoms with Crippen molar-refractivity contribution in [1.82, 2.24) is 4.98 Å². The zero-order valence-corrected chi connectivity index (χ0v) is 12.0. The van der Waals surface area contributed by atoms with Crippen LogP contribution < -0.4 is 0 Å². The molecule has 0 bridgehead atoms. The lowest BCUT2D eigenvalue weighted by atomic mass is 10.0. The zero-order valence-electron chi connectivity index (χ0n) is 10.5. The molecule has 102 valence electrons. The van der Waals surface area contributed by atoms with Gasteiger partial charge in [-0.15, -0.1) is 11.6 Å². The second kappa shape index (κ2) is 5.47. The molecule has 0 fully saturated rings. The fourth-order valence-corrected chi connectivity index (χ4v) is 2.59. The van der Waals surface area contributed by atoms with Gasteiger partial charge in [0.1, 0.15) is 5.82 Å². The molecular weight excluding hydrogens is 296 g/mol. The van der Waals surface area contributed by atoms with E-state index in [0.717, 1.165) is 28.5 Å². The molecule has 1 heterocycles. The average Bonchev–Trinajstić information content (AvgIpc) is 2.82. The van der Waals surface area contributed by atoms with E-state index in [1.807, 2.05) is 24.4 Å². The van der Waals surface area contributed by atoms with Crippen LogP contribution in [0.3, 0.4) is 0 Å². The van der Waals surface area contributed by atoms with Gasteiger partial charge in [0.15, 0.2) is 0 Å². The monoisotopic (exact) mass is 307 g/mol. The van der Waals surface area contributed by atoms with E-state index in [1.54, 1.807) is 6.07 Å². The number of aromatic nitrogens is 1. The van der Waals surface area contributed by atoms with Crippen LogP contribution in [0.2, 0.25) is 0 Å². The molecule has 1 unspecified atom stereocenters. The Labute approximate surface area is 126 Å². The molecule has 1 atom stereocenters. The highest BCUT2D eigenvalue weighted by Gasteiger charge is 2.12. The molecule has 2 aromatic rings. The number of fused-ring (bicyclic) bond motifs is 1. The Hall–Kier alpha value is -1.51. The second-order valence-corrected chi connectivity index (χ2v) is 5.67. The van der Waals surface area contributed by atoms with Crippen LogP contribution in [0, 0.1) is 5.82 Å². The van der Waals surface area contributed by atoms with E-state index < -0.39 is 0 Å². The van der Waals surface area contributed by atoms with Gasteiger partial charge >= 0.3 is 0 Å². The van der Waals surface area contributed by atoms with Gasteiger partial charge in [0.25, 0.3) is 0 Å². The van der Waals surface area contributed by atoms with Crippen LogP contribution in [0.25, 0.3) is 17.0 Å². The maximum atomic E-state index is 13.1. The first-order valence-electron chi connectivity index (χ1n) is 6.29. The number of rotatable bonds is 2. The lowest BCUT2D eigenvalue weighted by Gasteiger charge is -2.11. The minimum absolute atomic E-state index is 0.120. The van der Waals surface area contributed by atoms with Gasteiger partial charge in [-0.05, 0) is 41.8 Å². The average molecular weight is 308 g/mol. The van der Waals surface area contributed by atoms with E-state index in [9.17, 15) is 4.39 Å². The summed E-state index contributed by atoms with van der Waals surface area (Å²) in [6.07, 6.45) is 10.5. The maximum Gasteiger partial charge on any atom is 0.125 e. The number of hydrogen-bond acceptors (Lipinski definition) is 0. The van der Waals surface area contributed by atoms with Gasteiger partial charge in [-0.25, -0.2) is 4.39 Å². The van der Waals surface area contributed by atoms with Gasteiger partial charge in [0, 0.05) is 22.1 Å². The van der Waals surface area contributed by atoms with Gasteiger partial charge in [-0.2, -0.15) is 0 Å². The smallest absolute Gasteiger partial charge is 0.125 e. The Balaban J connectivity index is 1.89. The predicted octanol–water partition coefficient (Wildman–Crippen LogP) is 5.38. The summed E-state index contributed by atoms with van der Waals surface area (Å²) in [5.74, 6) is -0.243. The van der Waals surface area contributed by atoms with E-state index >= 15 is 0 Å². The second-order valence-electron chi connectivity index (χ2n) is 4.70. The van der Waals surface area contributed by atoms with Crippen molar-refractivity contribution in [3.8, 4) is 0 Å². The van der Waals surface area contributed by atoms with Crippen LogP contribution in [0.5, 0.6) is 0 Å². The van der Waals surface area contributed by atoms with Gasteiger partial charge in [-0.1, -0.05) is 29.8 Å². The summed E-state index contributed by atoms with van der Waals surface area (Å²) < 4.78 is 13.1. The molecular formula is C16H12Cl2FN.